The van der Waals surface area contributed by atoms with Crippen LogP contribution in [0.3, 0.4) is 0 Å². The fraction of sp³-hybridized carbons (Fsp3) is 0.0556. The molecule has 3 aromatic heterocycles. The summed E-state index contributed by atoms with van der Waals surface area (Å²) in [5.74, 6) is -0.485. The summed E-state index contributed by atoms with van der Waals surface area (Å²) in [5, 5.41) is 7.62. The van der Waals surface area contributed by atoms with Crippen LogP contribution in [0.25, 0.3) is 16.7 Å². The molecule has 0 aliphatic heterocycles. The molecule has 0 unspecified atom stereocenters. The highest BCUT2D eigenvalue weighted by Crippen LogP contribution is 2.20. The molecule has 1 aromatic carbocycles. The van der Waals surface area contributed by atoms with Crippen LogP contribution in [0.2, 0.25) is 5.02 Å². The summed E-state index contributed by atoms with van der Waals surface area (Å²) < 4.78 is 2.73. The molecule has 4 aromatic rings. The molecule has 3 heterocycles. The van der Waals surface area contributed by atoms with Gasteiger partial charge in [0.05, 0.1) is 23.9 Å². The molecular formula is C18H13ClN6O2. The maximum Gasteiger partial charge on any atom is 0.279 e. The van der Waals surface area contributed by atoms with Crippen molar-refractivity contribution in [3.05, 3.63) is 76.2 Å². The van der Waals surface area contributed by atoms with E-state index in [0.717, 1.165) is 0 Å². The smallest absolute Gasteiger partial charge is 0.279 e. The third kappa shape index (κ3) is 3.06. The van der Waals surface area contributed by atoms with Gasteiger partial charge >= 0.3 is 0 Å². The van der Waals surface area contributed by atoms with Gasteiger partial charge in [-0.3, -0.25) is 14.6 Å². The van der Waals surface area contributed by atoms with Gasteiger partial charge in [0.15, 0.2) is 11.2 Å². The number of anilines is 1. The number of aryl methyl sites for hydroxylation is 1. The van der Waals surface area contributed by atoms with Crippen LogP contribution in [-0.4, -0.2) is 30.2 Å². The van der Waals surface area contributed by atoms with Crippen LogP contribution < -0.4 is 10.9 Å². The van der Waals surface area contributed by atoms with E-state index >= 15 is 0 Å². The van der Waals surface area contributed by atoms with Crippen LogP contribution in [0.5, 0.6) is 0 Å². The topological polar surface area (TPSA) is 94.7 Å². The van der Waals surface area contributed by atoms with Gasteiger partial charge in [-0.15, -0.1) is 0 Å². The van der Waals surface area contributed by atoms with E-state index in [4.69, 9.17) is 11.6 Å². The number of aromatic nitrogens is 5. The van der Waals surface area contributed by atoms with Crippen molar-refractivity contribution in [2.75, 3.05) is 5.32 Å². The molecule has 0 fully saturated rings. The Morgan fingerprint density at radius 1 is 1.19 bits per heavy atom. The molecule has 0 bridgehead atoms. The molecule has 0 saturated heterocycles. The second-order valence-corrected chi connectivity index (χ2v) is 6.23. The Labute approximate surface area is 158 Å². The SMILES string of the molecule is Cn1cnc2c(C(=O)Nc3cccnc3)nn(-c3ccc(Cl)cc3)c2c1=O. The number of rotatable bonds is 3. The summed E-state index contributed by atoms with van der Waals surface area (Å²) in [4.78, 5) is 33.6. The molecule has 1 N–H and O–H groups in total. The number of carbonyl (C=O) groups is 1. The van der Waals surface area contributed by atoms with Gasteiger partial charge in [-0.05, 0) is 36.4 Å². The predicted molar refractivity (Wildman–Crippen MR) is 101 cm³/mol. The first-order chi connectivity index (χ1) is 13.0. The second kappa shape index (κ2) is 6.65. The van der Waals surface area contributed by atoms with Gasteiger partial charge in [0, 0.05) is 18.3 Å². The minimum absolute atomic E-state index is 0.0431. The van der Waals surface area contributed by atoms with Crippen molar-refractivity contribution in [1.29, 1.82) is 0 Å². The van der Waals surface area contributed by atoms with E-state index in [9.17, 15) is 9.59 Å². The maximum absolute atomic E-state index is 12.7. The number of hydrogen-bond acceptors (Lipinski definition) is 5. The van der Waals surface area contributed by atoms with Gasteiger partial charge in [-0.2, -0.15) is 5.10 Å². The summed E-state index contributed by atoms with van der Waals surface area (Å²) in [6, 6.07) is 10.2. The van der Waals surface area contributed by atoms with Crippen molar-refractivity contribution in [2.24, 2.45) is 7.05 Å². The lowest BCUT2D eigenvalue weighted by atomic mass is 10.3. The highest BCUT2D eigenvalue weighted by molar-refractivity contribution is 6.30. The average molecular weight is 381 g/mol. The summed E-state index contributed by atoms with van der Waals surface area (Å²) in [6.07, 6.45) is 4.48. The Balaban J connectivity index is 1.89. The largest absolute Gasteiger partial charge is 0.319 e. The molecule has 4 rings (SSSR count). The van der Waals surface area contributed by atoms with Gasteiger partial charge in [0.25, 0.3) is 11.5 Å². The lowest BCUT2D eigenvalue weighted by Gasteiger charge is -2.03. The highest BCUT2D eigenvalue weighted by atomic mass is 35.5. The summed E-state index contributed by atoms with van der Waals surface area (Å²) >= 11 is 5.94. The first-order valence-electron chi connectivity index (χ1n) is 7.96. The second-order valence-electron chi connectivity index (χ2n) is 5.79. The molecule has 27 heavy (non-hydrogen) atoms. The predicted octanol–water partition coefficient (Wildman–Crippen LogP) is 2.42. The number of benzene rings is 1. The van der Waals surface area contributed by atoms with Gasteiger partial charge in [0.2, 0.25) is 0 Å². The minimum Gasteiger partial charge on any atom is -0.319 e. The van der Waals surface area contributed by atoms with Crippen molar-refractivity contribution in [1.82, 2.24) is 24.3 Å². The number of carbonyl (C=O) groups excluding carboxylic acids is 1. The van der Waals surface area contributed by atoms with Crippen LogP contribution in [0.15, 0.2) is 59.9 Å². The first-order valence-corrected chi connectivity index (χ1v) is 8.34. The minimum atomic E-state index is -0.485. The number of nitrogens with zero attached hydrogens (tertiary/aromatic N) is 5. The summed E-state index contributed by atoms with van der Waals surface area (Å²) in [7, 11) is 1.59. The number of amides is 1. The van der Waals surface area contributed by atoms with Gasteiger partial charge in [0.1, 0.15) is 5.52 Å². The molecule has 8 nitrogen and oxygen atoms in total. The Bertz CT molecular complexity index is 1200. The van der Waals surface area contributed by atoms with Crippen LogP contribution in [0, 0.1) is 0 Å². The van der Waals surface area contributed by atoms with Gasteiger partial charge < -0.3 is 9.88 Å². The Morgan fingerprint density at radius 3 is 2.67 bits per heavy atom. The van der Waals surface area contributed by atoms with Crippen molar-refractivity contribution >= 4 is 34.2 Å². The lowest BCUT2D eigenvalue weighted by Crippen LogP contribution is -2.19. The van der Waals surface area contributed by atoms with Crippen molar-refractivity contribution in [2.45, 2.75) is 0 Å². The molecule has 0 aliphatic rings. The molecule has 0 saturated carbocycles. The quantitative estimate of drug-likeness (QED) is 0.589. The van der Waals surface area contributed by atoms with Crippen molar-refractivity contribution in [3.8, 4) is 5.69 Å². The standard InChI is InChI=1S/C18H13ClN6O2/c1-24-10-21-14-15(17(26)22-12-3-2-8-20-9-12)23-25(16(14)18(24)27)13-6-4-11(19)5-7-13/h2-10H,1H3,(H,22,26). The molecule has 0 radical (unpaired) electrons. The number of hydrogen-bond donors (Lipinski definition) is 1. The third-order valence-electron chi connectivity index (χ3n) is 3.95. The van der Waals surface area contributed by atoms with E-state index in [1.807, 2.05) is 0 Å². The van der Waals surface area contributed by atoms with E-state index in [1.54, 1.807) is 49.6 Å². The van der Waals surface area contributed by atoms with E-state index in [2.05, 4.69) is 20.4 Å². The Hall–Kier alpha value is -3.52. The van der Waals surface area contributed by atoms with Crippen LogP contribution in [0.4, 0.5) is 5.69 Å². The lowest BCUT2D eigenvalue weighted by molar-refractivity contribution is 0.102. The van der Waals surface area contributed by atoms with E-state index in [-0.39, 0.29) is 22.3 Å². The first kappa shape index (κ1) is 16.9. The highest BCUT2D eigenvalue weighted by Gasteiger charge is 2.22. The van der Waals surface area contributed by atoms with E-state index in [1.165, 1.54) is 21.8 Å². The zero-order valence-corrected chi connectivity index (χ0v) is 14.9. The van der Waals surface area contributed by atoms with Crippen LogP contribution in [-0.2, 0) is 7.05 Å². The number of nitrogens with one attached hydrogen (secondary N) is 1. The number of pyridine rings is 1. The Morgan fingerprint density at radius 2 is 1.96 bits per heavy atom. The van der Waals surface area contributed by atoms with Gasteiger partial charge in [-0.1, -0.05) is 11.6 Å². The zero-order chi connectivity index (χ0) is 19.0. The molecule has 9 heteroatoms. The van der Waals surface area contributed by atoms with Crippen LogP contribution >= 0.6 is 11.6 Å². The van der Waals surface area contributed by atoms with Gasteiger partial charge in [-0.25, -0.2) is 9.67 Å². The molecule has 1 amide bonds. The number of fused-ring (bicyclic) bond motifs is 1. The average Bonchev–Trinajstić information content (AvgIpc) is 3.06. The molecule has 0 spiro atoms. The fourth-order valence-corrected chi connectivity index (χ4v) is 2.76. The monoisotopic (exact) mass is 380 g/mol. The molecule has 0 aliphatic carbocycles. The van der Waals surface area contributed by atoms with E-state index < -0.39 is 5.91 Å². The number of halogens is 1. The fourth-order valence-electron chi connectivity index (χ4n) is 2.64. The normalized spacial score (nSPS) is 10.9. The van der Waals surface area contributed by atoms with Crippen LogP contribution in [0.1, 0.15) is 10.5 Å². The third-order valence-corrected chi connectivity index (χ3v) is 4.20. The molecular weight excluding hydrogens is 368 g/mol. The zero-order valence-electron chi connectivity index (χ0n) is 14.1. The van der Waals surface area contributed by atoms with Crippen molar-refractivity contribution < 1.29 is 4.79 Å². The molecule has 134 valence electrons. The molecule has 0 atom stereocenters. The summed E-state index contributed by atoms with van der Waals surface area (Å²) in [6.45, 7) is 0. The summed E-state index contributed by atoms with van der Waals surface area (Å²) in [5.41, 5.74) is 1.26. The maximum atomic E-state index is 12.7. The Kier molecular flexibility index (Phi) is 4.17. The van der Waals surface area contributed by atoms with E-state index in [0.29, 0.717) is 16.4 Å². The van der Waals surface area contributed by atoms with Crippen molar-refractivity contribution in [3.63, 3.8) is 0 Å².